The normalized spacial score (nSPS) is 18.3. The lowest BCUT2D eigenvalue weighted by Gasteiger charge is -2.41. The molecule has 12 nitrogen and oxygen atoms in total. The Labute approximate surface area is 326 Å². The van der Waals surface area contributed by atoms with E-state index in [0.717, 1.165) is 5.56 Å². The smallest absolute Gasteiger partial charge is 0.338 e. The summed E-state index contributed by atoms with van der Waals surface area (Å²) in [6, 6.07) is 17.1. The molecule has 3 aromatic carbocycles. The van der Waals surface area contributed by atoms with E-state index >= 15 is 0 Å². The van der Waals surface area contributed by atoms with Crippen molar-refractivity contribution in [1.82, 2.24) is 5.32 Å². The van der Waals surface area contributed by atoms with Gasteiger partial charge >= 0.3 is 11.9 Å². The van der Waals surface area contributed by atoms with E-state index in [4.69, 9.17) is 32.6 Å². The van der Waals surface area contributed by atoms with Crippen LogP contribution in [0.5, 0.6) is 11.5 Å². The molecule has 0 saturated heterocycles. The second kappa shape index (κ2) is 16.6. The predicted molar refractivity (Wildman–Crippen MR) is 208 cm³/mol. The molecule has 0 bridgehead atoms. The summed E-state index contributed by atoms with van der Waals surface area (Å²) in [4.78, 5) is 27.4. The molecular weight excluding hydrogens is 727 g/mol. The molecule has 0 saturated carbocycles. The highest BCUT2D eigenvalue weighted by molar-refractivity contribution is 7.86. The van der Waals surface area contributed by atoms with E-state index in [1.165, 1.54) is 40.6 Å². The number of fused-ring (bicyclic) bond motifs is 1. The van der Waals surface area contributed by atoms with Crippen LogP contribution in [0.1, 0.15) is 83.2 Å². The number of hydrogen-bond acceptors (Lipinski definition) is 12. The van der Waals surface area contributed by atoms with Crippen LogP contribution >= 0.6 is 0 Å². The van der Waals surface area contributed by atoms with Crippen molar-refractivity contribution < 1.29 is 50.6 Å². The van der Waals surface area contributed by atoms with Gasteiger partial charge in [-0.1, -0.05) is 36.4 Å². The summed E-state index contributed by atoms with van der Waals surface area (Å²) in [5.74, 6) is -0.184. The monoisotopic (exact) mass is 783 g/mol. The molecule has 1 N–H and O–H groups in total. The van der Waals surface area contributed by atoms with Crippen LogP contribution < -0.4 is 14.8 Å². The van der Waals surface area contributed by atoms with Crippen molar-refractivity contribution in [2.45, 2.75) is 114 Å². The maximum Gasteiger partial charge on any atom is 0.338 e. The van der Waals surface area contributed by atoms with E-state index < -0.39 is 50.2 Å². The first kappa shape index (κ1) is 43.7. The first-order valence-electron chi connectivity index (χ1n) is 18.2. The molecule has 13 heteroatoms. The van der Waals surface area contributed by atoms with Gasteiger partial charge in [-0.2, -0.15) is 8.42 Å². The molecule has 1 aliphatic heterocycles. The molecule has 0 radical (unpaired) electrons. The minimum Gasteiger partial charge on any atom is -0.493 e. The molecule has 3 atom stereocenters. The SMILES string of the molecule is COc1ccc(C[C@@]2(OS(=O)(=O)c3ccccc3)NCCc3cc(CC(C)(OC)C(=O)OC(C)(C)C)c(CC(C)(OC)C(=O)OC(C)(C)C)cc32)cc1OC. The zero-order valence-corrected chi connectivity index (χ0v) is 35.0. The number of carbonyl (C=O) groups is 2. The Morgan fingerprint density at radius 2 is 1.24 bits per heavy atom. The highest BCUT2D eigenvalue weighted by Gasteiger charge is 2.46. The molecule has 0 spiro atoms. The molecule has 2 unspecified atom stereocenters. The lowest BCUT2D eigenvalue weighted by atomic mass is 9.80. The third-order valence-corrected chi connectivity index (χ3v) is 10.8. The minimum atomic E-state index is -4.37. The van der Waals surface area contributed by atoms with Gasteiger partial charge in [0.2, 0.25) is 0 Å². The van der Waals surface area contributed by atoms with Gasteiger partial charge in [-0.3, -0.25) is 5.32 Å². The molecule has 55 heavy (non-hydrogen) atoms. The highest BCUT2D eigenvalue weighted by atomic mass is 32.2. The van der Waals surface area contributed by atoms with E-state index in [0.29, 0.717) is 46.7 Å². The van der Waals surface area contributed by atoms with E-state index in [-0.39, 0.29) is 24.2 Å². The number of carbonyl (C=O) groups excluding carboxylic acids is 2. The van der Waals surface area contributed by atoms with Crippen LogP contribution in [0.3, 0.4) is 0 Å². The Bertz CT molecular complexity index is 1950. The lowest BCUT2D eigenvalue weighted by Crippen LogP contribution is -2.52. The van der Waals surface area contributed by atoms with Crippen LogP contribution in [-0.4, -0.2) is 77.7 Å². The van der Waals surface area contributed by atoms with Gasteiger partial charge in [0.1, 0.15) is 11.2 Å². The van der Waals surface area contributed by atoms with Crippen molar-refractivity contribution in [3.63, 3.8) is 0 Å². The van der Waals surface area contributed by atoms with Crippen molar-refractivity contribution in [1.29, 1.82) is 0 Å². The summed E-state index contributed by atoms with van der Waals surface area (Å²) < 4.78 is 69.0. The summed E-state index contributed by atoms with van der Waals surface area (Å²) in [6.45, 7) is 14.3. The summed E-state index contributed by atoms with van der Waals surface area (Å²) in [5, 5.41) is 3.41. The maximum absolute atomic E-state index is 14.1. The Morgan fingerprint density at radius 3 is 1.73 bits per heavy atom. The molecule has 0 amide bonds. The molecule has 1 aliphatic rings. The molecule has 3 aromatic rings. The highest BCUT2D eigenvalue weighted by Crippen LogP contribution is 2.41. The van der Waals surface area contributed by atoms with E-state index in [2.05, 4.69) is 5.32 Å². The van der Waals surface area contributed by atoms with Crippen LogP contribution in [-0.2, 0) is 74.2 Å². The van der Waals surface area contributed by atoms with E-state index in [1.807, 2.05) is 18.2 Å². The molecule has 4 rings (SSSR count). The number of rotatable bonds is 15. The predicted octanol–water partition coefficient (Wildman–Crippen LogP) is 6.23. The van der Waals surface area contributed by atoms with Crippen molar-refractivity contribution in [3.05, 3.63) is 88.5 Å². The molecule has 0 aromatic heterocycles. The van der Waals surface area contributed by atoms with Gasteiger partial charge in [0.25, 0.3) is 10.1 Å². The number of methoxy groups -OCH3 is 4. The van der Waals surface area contributed by atoms with Crippen LogP contribution in [0.4, 0.5) is 0 Å². The quantitative estimate of drug-likeness (QED) is 0.138. The lowest BCUT2D eigenvalue weighted by molar-refractivity contribution is -0.179. The molecule has 0 aliphatic carbocycles. The fraction of sp³-hybridized carbons (Fsp3) is 0.524. The first-order valence-corrected chi connectivity index (χ1v) is 19.6. The topological polar surface area (TPSA) is 145 Å². The Morgan fingerprint density at radius 1 is 0.709 bits per heavy atom. The summed E-state index contributed by atoms with van der Waals surface area (Å²) in [7, 11) is 1.57. The van der Waals surface area contributed by atoms with Crippen LogP contribution in [0.25, 0.3) is 0 Å². The van der Waals surface area contributed by atoms with E-state index in [1.54, 1.807) is 85.7 Å². The Kier molecular flexibility index (Phi) is 13.2. The van der Waals surface area contributed by atoms with Gasteiger partial charge in [0.15, 0.2) is 28.4 Å². The standard InChI is InChI=1S/C42H57NO11S/c1-38(2,3)52-36(44)40(7,50-11)26-30-23-29-20-21-43-42(54-55(46,47)32-16-14-13-15-17-32,25-28-18-19-34(48-9)35(22-28)49-10)33(29)24-31(30)27-41(8,51-12)37(45)53-39(4,5)6/h13-19,22-24,43H,20-21,25-27H2,1-12H3/t40?,41?,42-/m0/s1. The zero-order valence-electron chi connectivity index (χ0n) is 34.2. The second-order valence-corrected chi connectivity index (χ2v) is 17.8. The number of benzene rings is 3. The molecule has 1 heterocycles. The van der Waals surface area contributed by atoms with Crippen LogP contribution in [0.2, 0.25) is 0 Å². The van der Waals surface area contributed by atoms with Crippen LogP contribution in [0.15, 0.2) is 65.6 Å². The minimum absolute atomic E-state index is 0.00693. The third-order valence-electron chi connectivity index (χ3n) is 9.47. The Balaban J connectivity index is 2.00. The van der Waals surface area contributed by atoms with Crippen molar-refractivity contribution in [2.24, 2.45) is 0 Å². The van der Waals surface area contributed by atoms with Crippen molar-refractivity contribution in [2.75, 3.05) is 35.0 Å². The second-order valence-electron chi connectivity index (χ2n) is 16.2. The largest absolute Gasteiger partial charge is 0.493 e. The summed E-state index contributed by atoms with van der Waals surface area (Å²) in [5.41, 5.74) is -2.88. The molecular formula is C42H57NO11S. The van der Waals surface area contributed by atoms with Gasteiger partial charge in [0.05, 0.1) is 19.1 Å². The van der Waals surface area contributed by atoms with E-state index in [9.17, 15) is 18.0 Å². The average molecular weight is 784 g/mol. The first-order chi connectivity index (χ1) is 25.5. The zero-order chi connectivity index (χ0) is 41.0. The average Bonchev–Trinajstić information content (AvgIpc) is 3.10. The van der Waals surface area contributed by atoms with Gasteiger partial charge in [-0.25, -0.2) is 13.8 Å². The summed E-state index contributed by atoms with van der Waals surface area (Å²) >= 11 is 0. The fourth-order valence-electron chi connectivity index (χ4n) is 6.46. The van der Waals surface area contributed by atoms with Crippen molar-refractivity contribution in [3.8, 4) is 11.5 Å². The maximum atomic E-state index is 14.1. The van der Waals surface area contributed by atoms with Gasteiger partial charge in [-0.05, 0) is 108 Å². The van der Waals surface area contributed by atoms with Gasteiger partial charge < -0.3 is 28.4 Å². The molecule has 302 valence electrons. The van der Waals surface area contributed by atoms with Crippen molar-refractivity contribution >= 4 is 22.1 Å². The number of nitrogens with one attached hydrogen (secondary N) is 1. The van der Waals surface area contributed by atoms with Gasteiger partial charge in [0, 0.05) is 45.6 Å². The fourth-order valence-corrected chi connectivity index (χ4v) is 7.63. The van der Waals surface area contributed by atoms with Gasteiger partial charge in [-0.15, -0.1) is 0 Å². The number of ether oxygens (including phenoxy) is 6. The molecule has 0 fully saturated rings. The van der Waals surface area contributed by atoms with Crippen LogP contribution in [0, 0.1) is 0 Å². The summed E-state index contributed by atoms with van der Waals surface area (Å²) in [6.07, 6.45) is 0.600. The Hall–Kier alpha value is -4.01. The third kappa shape index (κ3) is 10.4. The number of esters is 2. The number of hydrogen-bond donors (Lipinski definition) is 1.